The fourth-order valence-electron chi connectivity index (χ4n) is 3.10. The highest BCUT2D eigenvalue weighted by atomic mass is 19.1. The number of ketones is 1. The molecule has 0 bridgehead atoms. The highest BCUT2D eigenvalue weighted by molar-refractivity contribution is 6.21. The Balaban J connectivity index is 1.65. The minimum atomic E-state index is -0.924. The molecular formula is C21H20FNO4. The third kappa shape index (κ3) is 3.53. The average Bonchev–Trinajstić information content (AvgIpc) is 2.89. The second kappa shape index (κ2) is 7.04. The summed E-state index contributed by atoms with van der Waals surface area (Å²) < 4.78 is 18.8. The number of rotatable bonds is 6. The van der Waals surface area contributed by atoms with Crippen molar-refractivity contribution in [1.29, 1.82) is 0 Å². The Labute approximate surface area is 156 Å². The molecule has 2 aromatic carbocycles. The van der Waals surface area contributed by atoms with Crippen molar-refractivity contribution in [2.75, 3.05) is 13.2 Å². The van der Waals surface area contributed by atoms with Gasteiger partial charge in [0.2, 0.25) is 0 Å². The van der Waals surface area contributed by atoms with E-state index in [4.69, 9.17) is 4.74 Å². The van der Waals surface area contributed by atoms with Crippen LogP contribution in [0.4, 0.5) is 4.39 Å². The summed E-state index contributed by atoms with van der Waals surface area (Å²) in [5, 5.41) is 0. The van der Waals surface area contributed by atoms with Crippen LogP contribution >= 0.6 is 0 Å². The predicted octanol–water partition coefficient (Wildman–Crippen LogP) is 3.41. The number of carbonyl (C=O) groups excluding carboxylic acids is 3. The van der Waals surface area contributed by atoms with Gasteiger partial charge >= 0.3 is 0 Å². The first-order chi connectivity index (χ1) is 12.7. The highest BCUT2D eigenvalue weighted by Crippen LogP contribution is 2.29. The lowest BCUT2D eigenvalue weighted by Crippen LogP contribution is -2.50. The second-order valence-corrected chi connectivity index (χ2v) is 7.18. The van der Waals surface area contributed by atoms with Gasteiger partial charge in [-0.25, -0.2) is 4.39 Å². The van der Waals surface area contributed by atoms with Gasteiger partial charge in [0.05, 0.1) is 23.3 Å². The van der Waals surface area contributed by atoms with Gasteiger partial charge in [-0.3, -0.25) is 19.3 Å². The molecule has 1 aliphatic rings. The van der Waals surface area contributed by atoms with Gasteiger partial charge in [0.15, 0.2) is 5.78 Å². The molecule has 0 aromatic heterocycles. The Morgan fingerprint density at radius 3 is 2.22 bits per heavy atom. The Bertz CT molecular complexity index is 901. The molecule has 1 aliphatic heterocycles. The number of carbonyl (C=O) groups is 3. The van der Waals surface area contributed by atoms with Gasteiger partial charge in [0, 0.05) is 5.56 Å². The first-order valence-corrected chi connectivity index (χ1v) is 8.57. The summed E-state index contributed by atoms with van der Waals surface area (Å²) in [4.78, 5) is 38.6. The van der Waals surface area contributed by atoms with E-state index >= 15 is 0 Å². The summed E-state index contributed by atoms with van der Waals surface area (Å²) >= 11 is 0. The molecule has 5 nitrogen and oxygen atoms in total. The summed E-state index contributed by atoms with van der Waals surface area (Å²) in [5.74, 6) is -1.41. The maximum Gasteiger partial charge on any atom is 0.262 e. The molecule has 140 valence electrons. The van der Waals surface area contributed by atoms with Gasteiger partial charge in [-0.15, -0.1) is 0 Å². The van der Waals surface area contributed by atoms with E-state index in [0.29, 0.717) is 22.3 Å². The van der Waals surface area contributed by atoms with Gasteiger partial charge in [0.25, 0.3) is 11.8 Å². The second-order valence-electron chi connectivity index (χ2n) is 7.18. The predicted molar refractivity (Wildman–Crippen MR) is 97.3 cm³/mol. The molecule has 0 atom stereocenters. The quantitative estimate of drug-likeness (QED) is 0.578. The van der Waals surface area contributed by atoms with Crippen LogP contribution in [-0.4, -0.2) is 41.3 Å². The lowest BCUT2D eigenvalue weighted by atomic mass is 10.0. The van der Waals surface area contributed by atoms with Crippen molar-refractivity contribution < 1.29 is 23.5 Å². The number of hydrogen-bond acceptors (Lipinski definition) is 4. The number of benzene rings is 2. The van der Waals surface area contributed by atoms with Crippen LogP contribution in [-0.2, 0) is 4.74 Å². The minimum Gasteiger partial charge on any atom is -0.371 e. The number of aryl methyl sites for hydroxylation is 1. The Kier molecular flexibility index (Phi) is 4.93. The number of imide groups is 1. The lowest BCUT2D eigenvalue weighted by molar-refractivity contribution is 0.0179. The van der Waals surface area contributed by atoms with Crippen LogP contribution in [0.1, 0.15) is 50.5 Å². The van der Waals surface area contributed by atoms with Gasteiger partial charge in [-0.05, 0) is 56.7 Å². The van der Waals surface area contributed by atoms with Crippen molar-refractivity contribution in [2.45, 2.75) is 26.3 Å². The molecule has 0 N–H and O–H groups in total. The van der Waals surface area contributed by atoms with Crippen molar-refractivity contribution >= 4 is 17.6 Å². The molecule has 27 heavy (non-hydrogen) atoms. The van der Waals surface area contributed by atoms with Crippen LogP contribution in [0.25, 0.3) is 0 Å². The molecule has 3 rings (SSSR count). The third-order valence-electron chi connectivity index (χ3n) is 4.57. The number of hydrogen-bond donors (Lipinski definition) is 0. The average molecular weight is 369 g/mol. The number of nitrogens with zero attached hydrogens (tertiary/aromatic N) is 1. The third-order valence-corrected chi connectivity index (χ3v) is 4.57. The Morgan fingerprint density at radius 1 is 1.07 bits per heavy atom. The van der Waals surface area contributed by atoms with Crippen LogP contribution in [0.2, 0.25) is 0 Å². The van der Waals surface area contributed by atoms with Crippen LogP contribution in [0.15, 0.2) is 42.5 Å². The molecule has 2 amide bonds. The zero-order valence-corrected chi connectivity index (χ0v) is 15.4. The van der Waals surface area contributed by atoms with Crippen molar-refractivity contribution in [3.05, 3.63) is 70.5 Å². The number of ether oxygens (including phenoxy) is 1. The minimum absolute atomic E-state index is 0.00435. The number of Topliss-reactive ketones (excluding diaryl/α,β-unsaturated/α-hetero) is 1. The molecule has 0 saturated heterocycles. The molecule has 0 radical (unpaired) electrons. The Hall–Kier alpha value is -2.86. The van der Waals surface area contributed by atoms with Crippen LogP contribution in [0, 0.1) is 12.7 Å². The van der Waals surface area contributed by atoms with Crippen LogP contribution in [0.3, 0.4) is 0 Å². The van der Waals surface area contributed by atoms with E-state index in [1.807, 2.05) is 0 Å². The molecule has 6 heteroatoms. The maximum absolute atomic E-state index is 13.3. The number of amides is 2. The van der Waals surface area contributed by atoms with E-state index in [-0.39, 0.29) is 36.6 Å². The lowest BCUT2D eigenvalue weighted by Gasteiger charge is -2.33. The van der Waals surface area contributed by atoms with E-state index in [0.717, 1.165) is 0 Å². The maximum atomic E-state index is 13.3. The van der Waals surface area contributed by atoms with Crippen molar-refractivity contribution in [3.8, 4) is 0 Å². The molecule has 1 heterocycles. The zero-order valence-electron chi connectivity index (χ0n) is 15.4. The Morgan fingerprint density at radius 2 is 1.67 bits per heavy atom. The smallest absolute Gasteiger partial charge is 0.262 e. The summed E-state index contributed by atoms with van der Waals surface area (Å²) in [6, 6.07) is 10.8. The molecule has 0 aliphatic carbocycles. The van der Waals surface area contributed by atoms with Gasteiger partial charge in [-0.1, -0.05) is 12.1 Å². The molecule has 0 unspecified atom stereocenters. The van der Waals surface area contributed by atoms with E-state index in [1.165, 1.54) is 23.1 Å². The standard InChI is InChI=1S/C21H20FNO4/c1-13-10-14(8-9-17(13)22)18(24)11-27-12-21(2,3)23-19(25)15-6-4-5-7-16(15)20(23)26/h4-10H,11-12H2,1-3H3. The summed E-state index contributed by atoms with van der Waals surface area (Å²) in [7, 11) is 0. The van der Waals surface area contributed by atoms with E-state index in [1.54, 1.807) is 45.0 Å². The van der Waals surface area contributed by atoms with Crippen molar-refractivity contribution in [3.63, 3.8) is 0 Å². The van der Waals surface area contributed by atoms with Crippen molar-refractivity contribution in [2.24, 2.45) is 0 Å². The summed E-state index contributed by atoms with van der Waals surface area (Å²) in [5.41, 5.74) is 0.549. The first-order valence-electron chi connectivity index (χ1n) is 8.57. The molecule has 0 saturated carbocycles. The van der Waals surface area contributed by atoms with Gasteiger partial charge in [0.1, 0.15) is 12.4 Å². The number of halogens is 1. The zero-order chi connectivity index (χ0) is 19.8. The normalized spacial score (nSPS) is 13.9. The van der Waals surface area contributed by atoms with E-state index in [2.05, 4.69) is 0 Å². The van der Waals surface area contributed by atoms with Crippen LogP contribution < -0.4 is 0 Å². The van der Waals surface area contributed by atoms with Crippen molar-refractivity contribution in [1.82, 2.24) is 4.90 Å². The van der Waals surface area contributed by atoms with E-state index in [9.17, 15) is 18.8 Å². The molecule has 0 spiro atoms. The SMILES string of the molecule is Cc1cc(C(=O)COCC(C)(C)N2C(=O)c3ccccc3C2=O)ccc1F. The highest BCUT2D eigenvalue weighted by Gasteiger charge is 2.44. The van der Waals surface area contributed by atoms with Gasteiger partial charge < -0.3 is 4.74 Å². The largest absolute Gasteiger partial charge is 0.371 e. The molecule has 2 aromatic rings. The topological polar surface area (TPSA) is 63.7 Å². The molecular weight excluding hydrogens is 349 g/mol. The monoisotopic (exact) mass is 369 g/mol. The van der Waals surface area contributed by atoms with E-state index < -0.39 is 5.54 Å². The number of fused-ring (bicyclic) bond motifs is 1. The summed E-state index contributed by atoms with van der Waals surface area (Å²) in [6.45, 7) is 4.78. The van der Waals surface area contributed by atoms with Crippen LogP contribution in [0.5, 0.6) is 0 Å². The molecule has 0 fully saturated rings. The van der Waals surface area contributed by atoms with Gasteiger partial charge in [-0.2, -0.15) is 0 Å². The first kappa shape index (κ1) is 18.9. The summed E-state index contributed by atoms with van der Waals surface area (Å²) in [6.07, 6.45) is 0. The fraction of sp³-hybridized carbons (Fsp3) is 0.286. The fourth-order valence-corrected chi connectivity index (χ4v) is 3.10.